The van der Waals surface area contributed by atoms with Crippen LogP contribution < -0.4 is 15.4 Å². The Kier molecular flexibility index (Phi) is 5.90. The predicted octanol–water partition coefficient (Wildman–Crippen LogP) is 3.36. The van der Waals surface area contributed by atoms with Crippen LogP contribution in [0.5, 0.6) is 5.75 Å². The molecule has 2 bridgehead atoms. The summed E-state index contributed by atoms with van der Waals surface area (Å²) < 4.78 is 23.8. The number of hydrogen-bond acceptors (Lipinski definition) is 4. The highest BCUT2D eigenvalue weighted by atomic mass is 35.5. The molecule has 2 aromatic rings. The number of nitrogens with one attached hydrogen (secondary N) is 2. The zero-order chi connectivity index (χ0) is 22.1. The van der Waals surface area contributed by atoms with E-state index in [1.54, 1.807) is 7.11 Å². The minimum Gasteiger partial charge on any atom is -0.484 e. The van der Waals surface area contributed by atoms with Crippen LogP contribution in [-0.2, 0) is 27.5 Å². The smallest absolute Gasteiger partial charge is 0.258 e. The Bertz CT molecular complexity index is 976. The highest BCUT2D eigenvalue weighted by Crippen LogP contribution is 2.67. The molecule has 3 saturated carbocycles. The second-order valence-corrected chi connectivity index (χ2v) is 8.84. The summed E-state index contributed by atoms with van der Waals surface area (Å²) in [6.07, 6.45) is 1.87. The summed E-state index contributed by atoms with van der Waals surface area (Å²) in [6, 6.07) is 11.9. The molecule has 0 saturated heterocycles. The maximum Gasteiger partial charge on any atom is 0.258 e. The number of hydrogen-bond donors (Lipinski definition) is 2. The van der Waals surface area contributed by atoms with Gasteiger partial charge in [-0.15, -0.1) is 0 Å². The summed E-state index contributed by atoms with van der Waals surface area (Å²) >= 11 is 5.63. The lowest BCUT2D eigenvalue weighted by molar-refractivity contribution is -0.184. The third kappa shape index (κ3) is 4.52. The number of ether oxygens (including phenoxy) is 2. The quantitative estimate of drug-likeness (QED) is 0.619. The molecule has 164 valence electrons. The van der Waals surface area contributed by atoms with Gasteiger partial charge in [0.25, 0.3) is 5.91 Å². The molecule has 5 rings (SSSR count). The van der Waals surface area contributed by atoms with E-state index in [4.69, 9.17) is 21.1 Å². The standard InChI is InChI=1S/C23H24ClFN2O4/c1-30-10-16-4-2-15(3-5-16)9-26-21(29)22-12-23(13-22,14-22)27-20(28)11-31-17-6-7-18(24)19(25)8-17/h2-8H,9-14H2,1H3,(H,26,29)(H,27,28). The minimum absolute atomic E-state index is 0.00245. The van der Waals surface area contributed by atoms with E-state index in [0.29, 0.717) is 32.4 Å². The Morgan fingerprint density at radius 1 is 1.10 bits per heavy atom. The number of benzene rings is 2. The fourth-order valence-corrected chi connectivity index (χ4v) is 4.62. The van der Waals surface area contributed by atoms with E-state index >= 15 is 0 Å². The summed E-state index contributed by atoms with van der Waals surface area (Å²) in [7, 11) is 1.65. The highest BCUT2D eigenvalue weighted by molar-refractivity contribution is 6.30. The average molecular weight is 447 g/mol. The van der Waals surface area contributed by atoms with Crippen LogP contribution >= 0.6 is 11.6 Å². The summed E-state index contributed by atoms with van der Waals surface area (Å²) in [5.41, 5.74) is 1.40. The lowest BCUT2D eigenvalue weighted by Gasteiger charge is -2.69. The summed E-state index contributed by atoms with van der Waals surface area (Å²) in [6.45, 7) is 0.810. The predicted molar refractivity (Wildman–Crippen MR) is 113 cm³/mol. The molecule has 31 heavy (non-hydrogen) atoms. The first-order valence-electron chi connectivity index (χ1n) is 10.1. The van der Waals surface area contributed by atoms with E-state index in [2.05, 4.69) is 10.6 Å². The molecule has 6 nitrogen and oxygen atoms in total. The fourth-order valence-electron chi connectivity index (χ4n) is 4.50. The minimum atomic E-state index is -0.599. The van der Waals surface area contributed by atoms with Crippen LogP contribution in [-0.4, -0.2) is 31.1 Å². The summed E-state index contributed by atoms with van der Waals surface area (Å²) in [4.78, 5) is 24.8. The van der Waals surface area contributed by atoms with E-state index in [1.807, 2.05) is 24.3 Å². The number of halogens is 2. The molecular formula is C23H24ClFN2O4. The zero-order valence-electron chi connectivity index (χ0n) is 17.2. The van der Waals surface area contributed by atoms with Crippen molar-refractivity contribution in [1.29, 1.82) is 0 Å². The van der Waals surface area contributed by atoms with Crippen LogP contribution in [0.3, 0.4) is 0 Å². The fraction of sp³-hybridized carbons (Fsp3) is 0.391. The van der Waals surface area contributed by atoms with Gasteiger partial charge in [-0.25, -0.2) is 4.39 Å². The second kappa shape index (κ2) is 8.48. The maximum absolute atomic E-state index is 13.4. The van der Waals surface area contributed by atoms with Crippen molar-refractivity contribution in [2.24, 2.45) is 5.41 Å². The van der Waals surface area contributed by atoms with Crippen LogP contribution in [0.15, 0.2) is 42.5 Å². The molecule has 3 aliphatic rings. The van der Waals surface area contributed by atoms with Gasteiger partial charge in [0.15, 0.2) is 6.61 Å². The Balaban J connectivity index is 1.19. The van der Waals surface area contributed by atoms with Crippen molar-refractivity contribution in [3.05, 3.63) is 64.4 Å². The average Bonchev–Trinajstić information content (AvgIpc) is 2.70. The first-order chi connectivity index (χ1) is 14.8. The largest absolute Gasteiger partial charge is 0.484 e. The third-order valence-electron chi connectivity index (χ3n) is 5.96. The molecule has 0 aliphatic heterocycles. The summed E-state index contributed by atoms with van der Waals surface area (Å²) in [5.74, 6) is -0.628. The van der Waals surface area contributed by atoms with Gasteiger partial charge in [0.05, 0.1) is 17.0 Å². The molecule has 3 aliphatic carbocycles. The van der Waals surface area contributed by atoms with E-state index in [0.717, 1.165) is 17.2 Å². The Morgan fingerprint density at radius 2 is 1.77 bits per heavy atom. The zero-order valence-corrected chi connectivity index (χ0v) is 17.9. The molecule has 0 radical (unpaired) electrons. The number of carbonyl (C=O) groups is 2. The highest BCUT2D eigenvalue weighted by Gasteiger charge is 2.72. The van der Waals surface area contributed by atoms with Crippen molar-refractivity contribution in [3.63, 3.8) is 0 Å². The topological polar surface area (TPSA) is 76.7 Å². The van der Waals surface area contributed by atoms with Crippen molar-refractivity contribution in [3.8, 4) is 5.75 Å². The second-order valence-electron chi connectivity index (χ2n) is 8.44. The normalized spacial score (nSPS) is 23.3. The monoisotopic (exact) mass is 446 g/mol. The molecule has 0 spiro atoms. The van der Waals surface area contributed by atoms with Crippen LogP contribution in [0, 0.1) is 11.2 Å². The van der Waals surface area contributed by atoms with Crippen LogP contribution in [0.1, 0.15) is 30.4 Å². The lowest BCUT2D eigenvalue weighted by atomic mass is 9.39. The van der Waals surface area contributed by atoms with Gasteiger partial charge >= 0.3 is 0 Å². The van der Waals surface area contributed by atoms with Crippen LogP contribution in [0.2, 0.25) is 5.02 Å². The Hall–Kier alpha value is -2.64. The molecule has 0 unspecified atom stereocenters. The molecule has 3 fully saturated rings. The first kappa shape index (κ1) is 21.6. The van der Waals surface area contributed by atoms with Gasteiger partial charge in [0, 0.05) is 25.3 Å². The Labute approximate surface area is 185 Å². The van der Waals surface area contributed by atoms with E-state index < -0.39 is 5.82 Å². The van der Waals surface area contributed by atoms with Gasteiger partial charge in [0.1, 0.15) is 11.6 Å². The van der Waals surface area contributed by atoms with Gasteiger partial charge in [-0.05, 0) is 42.5 Å². The van der Waals surface area contributed by atoms with Gasteiger partial charge in [-0.1, -0.05) is 35.9 Å². The van der Waals surface area contributed by atoms with Crippen LogP contribution in [0.25, 0.3) is 0 Å². The molecule has 2 amide bonds. The van der Waals surface area contributed by atoms with E-state index in [1.165, 1.54) is 12.1 Å². The van der Waals surface area contributed by atoms with Crippen molar-refractivity contribution >= 4 is 23.4 Å². The Morgan fingerprint density at radius 3 is 2.42 bits per heavy atom. The first-order valence-corrected chi connectivity index (χ1v) is 10.4. The van der Waals surface area contributed by atoms with Gasteiger partial charge in [0.2, 0.25) is 5.91 Å². The lowest BCUT2D eigenvalue weighted by Crippen LogP contribution is -2.78. The molecular weight excluding hydrogens is 423 g/mol. The molecule has 0 aromatic heterocycles. The van der Waals surface area contributed by atoms with Crippen molar-refractivity contribution in [2.75, 3.05) is 13.7 Å². The number of rotatable bonds is 9. The number of amides is 2. The maximum atomic E-state index is 13.4. The van der Waals surface area contributed by atoms with Gasteiger partial charge in [-0.3, -0.25) is 9.59 Å². The molecule has 2 N–H and O–H groups in total. The third-order valence-corrected chi connectivity index (χ3v) is 6.27. The van der Waals surface area contributed by atoms with E-state index in [9.17, 15) is 14.0 Å². The van der Waals surface area contributed by atoms with Crippen LogP contribution in [0.4, 0.5) is 4.39 Å². The molecule has 0 heterocycles. The van der Waals surface area contributed by atoms with Crippen molar-refractivity contribution < 1.29 is 23.5 Å². The van der Waals surface area contributed by atoms with Crippen molar-refractivity contribution in [1.82, 2.24) is 10.6 Å². The van der Waals surface area contributed by atoms with E-state index in [-0.39, 0.29) is 40.1 Å². The summed E-state index contributed by atoms with van der Waals surface area (Å²) in [5, 5.41) is 5.95. The van der Waals surface area contributed by atoms with Gasteiger partial charge < -0.3 is 20.1 Å². The molecule has 2 aromatic carbocycles. The molecule has 8 heteroatoms. The number of carbonyl (C=O) groups excluding carboxylic acids is 2. The number of methoxy groups -OCH3 is 1. The van der Waals surface area contributed by atoms with Gasteiger partial charge in [-0.2, -0.15) is 0 Å². The van der Waals surface area contributed by atoms with Crippen molar-refractivity contribution in [2.45, 2.75) is 38.0 Å². The SMILES string of the molecule is COCc1ccc(CNC(=O)C23CC(NC(=O)COc4ccc(Cl)c(F)c4)(C2)C3)cc1. The molecule has 0 atom stereocenters.